The van der Waals surface area contributed by atoms with Crippen molar-refractivity contribution in [1.29, 1.82) is 0 Å². The Kier molecular flexibility index (Phi) is 3.38. The second kappa shape index (κ2) is 4.59. The van der Waals surface area contributed by atoms with Gasteiger partial charge in [0.25, 0.3) is 0 Å². The van der Waals surface area contributed by atoms with Crippen LogP contribution in [0, 0.1) is 0 Å². The third-order valence-electron chi connectivity index (χ3n) is 2.42. The zero-order valence-electron chi connectivity index (χ0n) is 9.99. The molecule has 0 aliphatic heterocycles. The number of nitrogens with one attached hydrogen (secondary N) is 1. The normalized spacial score (nSPS) is 16.2. The molecule has 1 aliphatic carbocycles. The monoisotopic (exact) mass is 295 g/mol. The van der Waals surface area contributed by atoms with E-state index >= 15 is 0 Å². The predicted octanol–water partition coefficient (Wildman–Crippen LogP) is 2.62. The van der Waals surface area contributed by atoms with Gasteiger partial charge in [0.2, 0.25) is 10.0 Å². The van der Waals surface area contributed by atoms with E-state index in [1.165, 1.54) is 0 Å². The van der Waals surface area contributed by atoms with Crippen molar-refractivity contribution >= 4 is 15.7 Å². The minimum atomic E-state index is -4.54. The summed E-state index contributed by atoms with van der Waals surface area (Å²) >= 11 is 0. The zero-order valence-corrected chi connectivity index (χ0v) is 10.8. The van der Waals surface area contributed by atoms with Crippen LogP contribution >= 0.6 is 0 Å². The SMILES string of the molecule is CS(=O)(=O)Nc1cc(C(F)(F)F)ccc1OC1CC1. The van der Waals surface area contributed by atoms with Crippen LogP contribution in [-0.2, 0) is 16.2 Å². The highest BCUT2D eigenvalue weighted by Crippen LogP contribution is 2.37. The Hall–Kier alpha value is -1.44. The van der Waals surface area contributed by atoms with Crippen LogP contribution in [-0.4, -0.2) is 20.8 Å². The average Bonchev–Trinajstić information content (AvgIpc) is 3.00. The Bertz CT molecular complexity index is 579. The molecule has 0 spiro atoms. The standard InChI is InChI=1S/C11H12F3NO3S/c1-19(16,17)15-9-6-7(11(12,13)14)2-5-10(9)18-8-3-4-8/h2,5-6,8,15H,3-4H2,1H3. The molecule has 19 heavy (non-hydrogen) atoms. The predicted molar refractivity (Wildman–Crippen MR) is 63.6 cm³/mol. The lowest BCUT2D eigenvalue weighted by Crippen LogP contribution is -2.13. The number of benzene rings is 1. The van der Waals surface area contributed by atoms with Crippen molar-refractivity contribution in [2.45, 2.75) is 25.1 Å². The molecule has 1 saturated carbocycles. The lowest BCUT2D eigenvalue weighted by atomic mass is 10.2. The van der Waals surface area contributed by atoms with Gasteiger partial charge in [-0.15, -0.1) is 0 Å². The minimum Gasteiger partial charge on any atom is -0.488 e. The maximum Gasteiger partial charge on any atom is 0.416 e. The van der Waals surface area contributed by atoms with E-state index in [4.69, 9.17) is 4.74 Å². The second-order valence-corrected chi connectivity index (χ2v) is 6.15. The smallest absolute Gasteiger partial charge is 0.416 e. The number of ether oxygens (including phenoxy) is 1. The van der Waals surface area contributed by atoms with Gasteiger partial charge in [0, 0.05) is 0 Å². The van der Waals surface area contributed by atoms with Crippen LogP contribution < -0.4 is 9.46 Å². The molecule has 4 nitrogen and oxygen atoms in total. The van der Waals surface area contributed by atoms with E-state index in [0.29, 0.717) is 0 Å². The van der Waals surface area contributed by atoms with Crippen molar-refractivity contribution in [1.82, 2.24) is 0 Å². The molecule has 2 rings (SSSR count). The zero-order chi connectivity index (χ0) is 14.3. The van der Waals surface area contributed by atoms with E-state index in [1.807, 2.05) is 4.72 Å². The summed E-state index contributed by atoms with van der Waals surface area (Å²) < 4.78 is 67.5. The average molecular weight is 295 g/mol. The molecule has 8 heteroatoms. The summed E-state index contributed by atoms with van der Waals surface area (Å²) in [5.41, 5.74) is -1.12. The Morgan fingerprint density at radius 2 is 1.95 bits per heavy atom. The van der Waals surface area contributed by atoms with Gasteiger partial charge < -0.3 is 4.74 Å². The van der Waals surface area contributed by atoms with E-state index in [1.54, 1.807) is 0 Å². The van der Waals surface area contributed by atoms with E-state index in [9.17, 15) is 21.6 Å². The van der Waals surface area contributed by atoms with E-state index < -0.39 is 21.8 Å². The first-order valence-electron chi connectivity index (χ1n) is 5.51. The number of anilines is 1. The van der Waals surface area contributed by atoms with E-state index in [-0.39, 0.29) is 17.5 Å². The summed E-state index contributed by atoms with van der Waals surface area (Å²) in [6.07, 6.45) is -2.07. The van der Waals surface area contributed by atoms with Crippen molar-refractivity contribution < 1.29 is 26.3 Å². The summed E-state index contributed by atoms with van der Waals surface area (Å²) in [5.74, 6) is 0.112. The highest BCUT2D eigenvalue weighted by atomic mass is 32.2. The molecule has 0 amide bonds. The number of rotatable bonds is 4. The third-order valence-corrected chi connectivity index (χ3v) is 3.01. The topological polar surface area (TPSA) is 55.4 Å². The van der Waals surface area contributed by atoms with Gasteiger partial charge >= 0.3 is 6.18 Å². The Balaban J connectivity index is 2.37. The first kappa shape index (κ1) is 14.0. The Morgan fingerprint density at radius 1 is 1.32 bits per heavy atom. The van der Waals surface area contributed by atoms with Gasteiger partial charge in [-0.3, -0.25) is 4.72 Å². The van der Waals surface area contributed by atoms with Crippen molar-refractivity contribution in [3.8, 4) is 5.75 Å². The number of alkyl halides is 3. The van der Waals surface area contributed by atoms with Gasteiger partial charge in [0.05, 0.1) is 23.6 Å². The summed E-state index contributed by atoms with van der Waals surface area (Å²) in [6, 6.07) is 2.73. The molecule has 1 aromatic rings. The van der Waals surface area contributed by atoms with Gasteiger partial charge in [0.1, 0.15) is 5.75 Å². The number of hydrogen-bond acceptors (Lipinski definition) is 3. The lowest BCUT2D eigenvalue weighted by molar-refractivity contribution is -0.137. The quantitative estimate of drug-likeness (QED) is 0.929. The van der Waals surface area contributed by atoms with Crippen LogP contribution in [0.4, 0.5) is 18.9 Å². The summed E-state index contributed by atoms with van der Waals surface area (Å²) in [7, 11) is -3.67. The number of halogens is 3. The molecule has 0 heterocycles. The molecule has 1 N–H and O–H groups in total. The largest absolute Gasteiger partial charge is 0.488 e. The molecular formula is C11H12F3NO3S. The van der Waals surface area contributed by atoms with Gasteiger partial charge in [-0.25, -0.2) is 8.42 Å². The number of sulfonamides is 1. The maximum absolute atomic E-state index is 12.6. The Morgan fingerprint density at radius 3 is 2.42 bits per heavy atom. The van der Waals surface area contributed by atoms with Crippen LogP contribution in [0.15, 0.2) is 18.2 Å². The molecule has 1 aliphatic rings. The van der Waals surface area contributed by atoms with Gasteiger partial charge in [-0.05, 0) is 31.0 Å². The highest BCUT2D eigenvalue weighted by molar-refractivity contribution is 7.92. The highest BCUT2D eigenvalue weighted by Gasteiger charge is 2.32. The fourth-order valence-corrected chi connectivity index (χ4v) is 2.01. The van der Waals surface area contributed by atoms with Crippen molar-refractivity contribution in [2.75, 3.05) is 11.0 Å². The molecule has 1 fully saturated rings. The van der Waals surface area contributed by atoms with Crippen molar-refractivity contribution in [3.05, 3.63) is 23.8 Å². The third kappa shape index (κ3) is 4.02. The van der Waals surface area contributed by atoms with Crippen LogP contribution in [0.25, 0.3) is 0 Å². The molecule has 106 valence electrons. The lowest BCUT2D eigenvalue weighted by Gasteiger charge is -2.14. The van der Waals surface area contributed by atoms with Crippen LogP contribution in [0.1, 0.15) is 18.4 Å². The summed E-state index contributed by atoms with van der Waals surface area (Å²) in [6.45, 7) is 0. The number of hydrogen-bond donors (Lipinski definition) is 1. The van der Waals surface area contributed by atoms with Crippen LogP contribution in [0.3, 0.4) is 0 Å². The van der Waals surface area contributed by atoms with Gasteiger partial charge in [-0.1, -0.05) is 0 Å². The minimum absolute atomic E-state index is 0.0446. The molecular weight excluding hydrogens is 283 g/mol. The fourth-order valence-electron chi connectivity index (χ4n) is 1.45. The van der Waals surface area contributed by atoms with Crippen LogP contribution in [0.5, 0.6) is 5.75 Å². The molecule has 0 unspecified atom stereocenters. The summed E-state index contributed by atoms with van der Waals surface area (Å²) in [4.78, 5) is 0. The first-order chi connectivity index (χ1) is 8.65. The van der Waals surface area contributed by atoms with Gasteiger partial charge in [0.15, 0.2) is 0 Å². The molecule has 0 saturated heterocycles. The van der Waals surface area contributed by atoms with E-state index in [0.717, 1.165) is 37.3 Å². The fraction of sp³-hybridized carbons (Fsp3) is 0.455. The van der Waals surface area contributed by atoms with Crippen molar-refractivity contribution in [3.63, 3.8) is 0 Å². The molecule has 0 atom stereocenters. The molecule has 0 radical (unpaired) electrons. The Labute approximate surface area is 108 Å². The van der Waals surface area contributed by atoms with Crippen molar-refractivity contribution in [2.24, 2.45) is 0 Å². The van der Waals surface area contributed by atoms with E-state index in [2.05, 4.69) is 0 Å². The van der Waals surface area contributed by atoms with Gasteiger partial charge in [-0.2, -0.15) is 13.2 Å². The molecule has 1 aromatic carbocycles. The summed E-state index contributed by atoms with van der Waals surface area (Å²) in [5, 5.41) is 0. The first-order valence-corrected chi connectivity index (χ1v) is 7.40. The maximum atomic E-state index is 12.6. The second-order valence-electron chi connectivity index (χ2n) is 4.40. The molecule has 0 bridgehead atoms. The van der Waals surface area contributed by atoms with Crippen LogP contribution in [0.2, 0.25) is 0 Å². The molecule has 0 aromatic heterocycles.